The number of benzene rings is 1. The number of imide groups is 1. The van der Waals surface area contributed by atoms with Gasteiger partial charge in [-0.2, -0.15) is 31.2 Å². The van der Waals surface area contributed by atoms with Gasteiger partial charge in [-0.15, -0.1) is 0 Å². The molecule has 0 radical (unpaired) electrons. The van der Waals surface area contributed by atoms with Crippen LogP contribution in [0.5, 0.6) is 0 Å². The first-order valence-corrected chi connectivity index (χ1v) is 9.68. The molecule has 34 heavy (non-hydrogen) atoms. The molecule has 14 heteroatoms. The number of anilines is 1. The summed E-state index contributed by atoms with van der Waals surface area (Å²) in [5.41, 5.74) is -6.12. The number of hydrazine groups is 1. The highest BCUT2D eigenvalue weighted by atomic mass is 19.4. The van der Waals surface area contributed by atoms with E-state index in [0.29, 0.717) is 5.56 Å². The molecule has 3 rings (SSSR count). The largest absolute Gasteiger partial charge is 0.449 e. The van der Waals surface area contributed by atoms with E-state index in [1.807, 2.05) is 0 Å². The van der Waals surface area contributed by atoms with E-state index >= 15 is 0 Å². The number of amides is 3. The Balaban J connectivity index is 2.14. The van der Waals surface area contributed by atoms with Crippen molar-refractivity contribution < 1.29 is 45.1 Å². The lowest BCUT2D eigenvalue weighted by molar-refractivity contribution is -0.348. The van der Waals surface area contributed by atoms with Crippen molar-refractivity contribution in [2.24, 2.45) is 0 Å². The summed E-state index contributed by atoms with van der Waals surface area (Å²) in [4.78, 5) is 29.3. The molecule has 0 saturated carbocycles. The number of rotatable bonds is 5. The van der Waals surface area contributed by atoms with Crippen LogP contribution in [0.1, 0.15) is 23.6 Å². The molecule has 1 aliphatic heterocycles. The molecule has 2 heterocycles. The highest BCUT2D eigenvalue weighted by Crippen LogP contribution is 2.56. The van der Waals surface area contributed by atoms with E-state index in [1.54, 1.807) is 12.1 Å². The minimum absolute atomic E-state index is 0.0244. The summed E-state index contributed by atoms with van der Waals surface area (Å²) in [6.45, 7) is 0.359. The van der Waals surface area contributed by atoms with Gasteiger partial charge in [0.1, 0.15) is 0 Å². The van der Waals surface area contributed by atoms with E-state index in [9.17, 15) is 40.3 Å². The summed E-state index contributed by atoms with van der Waals surface area (Å²) < 4.78 is 100. The maximum absolute atomic E-state index is 15.0. The van der Waals surface area contributed by atoms with Crippen molar-refractivity contribution in [3.05, 3.63) is 59.4 Å². The second-order valence-corrected chi connectivity index (χ2v) is 7.07. The minimum Gasteiger partial charge on any atom is -0.449 e. The first-order valence-electron chi connectivity index (χ1n) is 9.68. The number of nitrogens with zero attached hydrogens (tertiary/aromatic N) is 3. The molecule has 184 valence electrons. The van der Waals surface area contributed by atoms with Crippen LogP contribution >= 0.6 is 0 Å². The number of fused-ring (bicyclic) bond motifs is 1. The fourth-order valence-electron chi connectivity index (χ4n) is 3.35. The van der Waals surface area contributed by atoms with Crippen molar-refractivity contribution in [2.75, 3.05) is 11.5 Å². The minimum atomic E-state index is -6.44. The molecule has 0 saturated heterocycles. The zero-order chi connectivity index (χ0) is 25.3. The summed E-state index contributed by atoms with van der Waals surface area (Å²) in [6.07, 6.45) is -11.5. The summed E-state index contributed by atoms with van der Waals surface area (Å²) in [6, 6.07) is 3.96. The number of ether oxygens (including phenoxy) is 1. The number of halogens is 7. The van der Waals surface area contributed by atoms with E-state index in [-0.39, 0.29) is 29.7 Å². The number of carbonyl (C=O) groups excluding carboxylic acids is 2. The highest BCUT2D eigenvalue weighted by Gasteiger charge is 2.74. The normalized spacial score (nSPS) is 14.8. The topological polar surface area (TPSA) is 74.8 Å². The van der Waals surface area contributed by atoms with Gasteiger partial charge >= 0.3 is 30.1 Å². The lowest BCUT2D eigenvalue weighted by Gasteiger charge is -2.39. The van der Waals surface area contributed by atoms with E-state index < -0.39 is 47.9 Å². The Kier molecular flexibility index (Phi) is 6.73. The average Bonchev–Trinajstić information content (AvgIpc) is 2.76. The third-order valence-electron chi connectivity index (χ3n) is 4.89. The molecular weight excluding hydrogens is 477 g/mol. The van der Waals surface area contributed by atoms with Crippen molar-refractivity contribution in [1.82, 2.24) is 15.4 Å². The van der Waals surface area contributed by atoms with Crippen LogP contribution in [-0.2, 0) is 23.5 Å². The molecular formula is C20H17F7N4O3. The zero-order valence-electron chi connectivity index (χ0n) is 17.4. The number of carbonyl (C=O) groups is 2. The van der Waals surface area contributed by atoms with Gasteiger partial charge in [-0.25, -0.2) is 19.4 Å². The van der Waals surface area contributed by atoms with E-state index in [4.69, 9.17) is 0 Å². The van der Waals surface area contributed by atoms with Crippen molar-refractivity contribution in [2.45, 2.75) is 38.0 Å². The molecule has 0 bridgehead atoms. The molecule has 7 nitrogen and oxygen atoms in total. The van der Waals surface area contributed by atoms with E-state index in [2.05, 4.69) is 15.1 Å². The van der Waals surface area contributed by atoms with Crippen molar-refractivity contribution in [3.63, 3.8) is 0 Å². The number of alkyl halides is 7. The molecule has 1 aliphatic rings. The first-order chi connectivity index (χ1) is 15.8. The van der Waals surface area contributed by atoms with Gasteiger partial charge < -0.3 is 4.74 Å². The molecule has 1 aromatic heterocycles. The van der Waals surface area contributed by atoms with Gasteiger partial charge in [-0.3, -0.25) is 9.99 Å². The highest BCUT2D eigenvalue weighted by molar-refractivity contribution is 6.13. The van der Waals surface area contributed by atoms with Crippen LogP contribution in [0.25, 0.3) is 0 Å². The maximum Gasteiger partial charge on any atom is 0.436 e. The van der Waals surface area contributed by atoms with Gasteiger partial charge in [0.2, 0.25) is 0 Å². The third-order valence-corrected chi connectivity index (χ3v) is 4.89. The fourth-order valence-corrected chi connectivity index (χ4v) is 3.35. The molecule has 2 aromatic rings. The van der Waals surface area contributed by atoms with Gasteiger partial charge in [0.15, 0.2) is 0 Å². The molecule has 0 fully saturated rings. The zero-order valence-corrected chi connectivity index (χ0v) is 17.4. The monoisotopic (exact) mass is 494 g/mol. The Labute approximate surface area is 188 Å². The van der Waals surface area contributed by atoms with Crippen LogP contribution in [0, 0.1) is 0 Å². The van der Waals surface area contributed by atoms with Gasteiger partial charge in [-0.05, 0) is 24.1 Å². The van der Waals surface area contributed by atoms with Gasteiger partial charge in [0, 0.05) is 24.5 Å². The van der Waals surface area contributed by atoms with E-state index in [1.165, 1.54) is 19.3 Å². The second kappa shape index (κ2) is 9.08. The van der Waals surface area contributed by atoms with Crippen LogP contribution in [0.3, 0.4) is 0 Å². The number of hydrogen-bond donors (Lipinski definition) is 1. The number of pyridine rings is 1. The van der Waals surface area contributed by atoms with Crippen LogP contribution in [0.4, 0.5) is 46.0 Å². The Morgan fingerprint density at radius 2 is 1.76 bits per heavy atom. The summed E-state index contributed by atoms with van der Waals surface area (Å²) in [5.74, 6) is 0. The Hall–Kier alpha value is -3.42. The van der Waals surface area contributed by atoms with Crippen molar-refractivity contribution in [3.8, 4) is 0 Å². The van der Waals surface area contributed by atoms with Crippen LogP contribution < -0.4 is 10.3 Å². The van der Waals surface area contributed by atoms with Gasteiger partial charge in [0.25, 0.3) is 0 Å². The fraction of sp³-hybridized carbons (Fsp3) is 0.350. The van der Waals surface area contributed by atoms with Crippen molar-refractivity contribution >= 4 is 17.8 Å². The Morgan fingerprint density at radius 1 is 1.09 bits per heavy atom. The molecule has 1 N–H and O–H groups in total. The lowest BCUT2D eigenvalue weighted by Crippen LogP contribution is -2.57. The molecule has 0 unspecified atom stereocenters. The second-order valence-electron chi connectivity index (χ2n) is 7.07. The van der Waals surface area contributed by atoms with Crippen LogP contribution in [0.15, 0.2) is 42.7 Å². The Bertz CT molecular complexity index is 1050. The van der Waals surface area contributed by atoms with E-state index in [0.717, 1.165) is 17.1 Å². The molecule has 0 spiro atoms. The maximum atomic E-state index is 15.0. The number of aromatic nitrogens is 1. The Morgan fingerprint density at radius 3 is 2.32 bits per heavy atom. The van der Waals surface area contributed by atoms with Crippen LogP contribution in [0.2, 0.25) is 0 Å². The molecule has 0 aliphatic carbocycles. The number of urea groups is 1. The van der Waals surface area contributed by atoms with Gasteiger partial charge in [-0.1, -0.05) is 24.3 Å². The third kappa shape index (κ3) is 4.36. The molecule has 0 atom stereocenters. The number of hydrogen-bond acceptors (Lipinski definition) is 5. The summed E-state index contributed by atoms with van der Waals surface area (Å²) >= 11 is 0. The molecule has 3 amide bonds. The number of nitrogens with one attached hydrogen (secondary N) is 1. The smallest absolute Gasteiger partial charge is 0.436 e. The summed E-state index contributed by atoms with van der Waals surface area (Å²) in [7, 11) is 0. The SMILES string of the molecule is CCOC(=O)N1C(=O)N(NCc2cccnc2)Cc2cccc(C(F)(C(F)(F)F)C(F)(F)F)c21. The van der Waals surface area contributed by atoms with Crippen LogP contribution in [-0.4, -0.2) is 41.1 Å². The van der Waals surface area contributed by atoms with Crippen molar-refractivity contribution in [1.29, 1.82) is 0 Å². The van der Waals surface area contributed by atoms with Gasteiger partial charge in [0.05, 0.1) is 18.8 Å². The lowest BCUT2D eigenvalue weighted by atomic mass is 9.89. The predicted molar refractivity (Wildman–Crippen MR) is 103 cm³/mol. The first kappa shape index (κ1) is 25.2. The molecule has 1 aromatic carbocycles. The number of para-hydroxylation sites is 1. The standard InChI is InChI=1S/C20H17F7N4O3/c1-2-34-17(33)31-15-13(11-30(16(31)32)29-10-12-5-4-8-28-9-12)6-3-7-14(15)18(21,19(22,23)24)20(25,26)27/h3-9,29H,2,10-11H2,1H3. The average molecular weight is 494 g/mol. The quantitative estimate of drug-likeness (QED) is 0.594. The summed E-state index contributed by atoms with van der Waals surface area (Å²) in [5, 5.41) is 0.789. The predicted octanol–water partition coefficient (Wildman–Crippen LogP) is 4.97.